The van der Waals surface area contributed by atoms with Gasteiger partial charge in [-0.25, -0.2) is 4.98 Å². The summed E-state index contributed by atoms with van der Waals surface area (Å²) in [7, 11) is 0. The molecule has 0 aliphatic rings. The van der Waals surface area contributed by atoms with Crippen LogP contribution in [0.3, 0.4) is 0 Å². The van der Waals surface area contributed by atoms with Crippen molar-refractivity contribution in [2.75, 3.05) is 0 Å². The van der Waals surface area contributed by atoms with Gasteiger partial charge in [0.25, 0.3) is 0 Å². The van der Waals surface area contributed by atoms with E-state index >= 15 is 0 Å². The lowest BCUT2D eigenvalue weighted by atomic mass is 10.2. The number of halogens is 4. The lowest BCUT2D eigenvalue weighted by molar-refractivity contribution is 0.620. The molecule has 4 aromatic rings. The number of fused-ring (bicyclic) bond motifs is 1. The van der Waals surface area contributed by atoms with Crippen molar-refractivity contribution >= 4 is 69.4 Å². The van der Waals surface area contributed by atoms with Gasteiger partial charge in [0.1, 0.15) is 5.52 Å². The van der Waals surface area contributed by atoms with Crippen LogP contribution in [-0.4, -0.2) is 11.2 Å². The van der Waals surface area contributed by atoms with Gasteiger partial charge in [-0.05, 0) is 42.5 Å². The molecular formula is C20H10Cl4N2O. The highest BCUT2D eigenvalue weighted by Gasteiger charge is 2.13. The van der Waals surface area contributed by atoms with E-state index in [0.29, 0.717) is 48.3 Å². The van der Waals surface area contributed by atoms with Crippen molar-refractivity contribution in [3.63, 3.8) is 0 Å². The van der Waals surface area contributed by atoms with E-state index in [1.165, 1.54) is 0 Å². The Hall–Kier alpha value is -2.04. The maximum atomic E-state index is 6.25. The number of hydrogen-bond acceptors (Lipinski definition) is 3. The smallest absolute Gasteiger partial charge is 0.228 e. The average molecular weight is 436 g/mol. The quantitative estimate of drug-likeness (QED) is 0.307. The van der Waals surface area contributed by atoms with Crippen molar-refractivity contribution in [2.24, 2.45) is 4.99 Å². The van der Waals surface area contributed by atoms with Crippen LogP contribution in [0.15, 0.2) is 64.0 Å². The van der Waals surface area contributed by atoms with E-state index in [0.717, 1.165) is 5.56 Å². The number of rotatable bonds is 3. The van der Waals surface area contributed by atoms with Crippen molar-refractivity contribution in [1.29, 1.82) is 0 Å². The van der Waals surface area contributed by atoms with Gasteiger partial charge in [-0.3, -0.25) is 4.99 Å². The Bertz CT molecular complexity index is 1180. The Balaban J connectivity index is 1.68. The Morgan fingerprint density at radius 3 is 2.56 bits per heavy atom. The van der Waals surface area contributed by atoms with Crippen LogP contribution in [0, 0.1) is 0 Å². The molecule has 0 unspecified atom stereocenters. The fraction of sp³-hybridized carbons (Fsp3) is 0. The lowest BCUT2D eigenvalue weighted by Gasteiger charge is -2.00. The van der Waals surface area contributed by atoms with Gasteiger partial charge in [0.15, 0.2) is 5.58 Å². The van der Waals surface area contributed by atoms with Crippen LogP contribution in [0.2, 0.25) is 20.1 Å². The molecule has 0 amide bonds. The van der Waals surface area contributed by atoms with Crippen LogP contribution < -0.4 is 0 Å². The Kier molecular flexibility index (Phi) is 5.11. The van der Waals surface area contributed by atoms with Gasteiger partial charge in [0.2, 0.25) is 5.89 Å². The minimum absolute atomic E-state index is 0.402. The summed E-state index contributed by atoms with van der Waals surface area (Å²) in [5, 5.41) is 1.96. The SMILES string of the molecule is Clc1ccc(C=Nc2ccc3oc(-c4cccc(Cl)c4Cl)nc3c2)c(Cl)c1. The third kappa shape index (κ3) is 3.83. The van der Waals surface area contributed by atoms with E-state index in [1.54, 1.807) is 42.6 Å². The normalized spacial score (nSPS) is 11.6. The van der Waals surface area contributed by atoms with Crippen molar-refractivity contribution in [3.8, 4) is 11.5 Å². The monoisotopic (exact) mass is 434 g/mol. The van der Waals surface area contributed by atoms with Gasteiger partial charge in [0, 0.05) is 16.8 Å². The lowest BCUT2D eigenvalue weighted by Crippen LogP contribution is -1.82. The van der Waals surface area contributed by atoms with E-state index in [2.05, 4.69) is 9.98 Å². The largest absolute Gasteiger partial charge is 0.436 e. The first-order valence-electron chi connectivity index (χ1n) is 7.85. The fourth-order valence-electron chi connectivity index (χ4n) is 2.53. The summed E-state index contributed by atoms with van der Waals surface area (Å²) in [6, 6.07) is 16.0. The summed E-state index contributed by atoms with van der Waals surface area (Å²) in [5.41, 5.74) is 3.42. The zero-order valence-electron chi connectivity index (χ0n) is 13.6. The number of aromatic nitrogens is 1. The minimum Gasteiger partial charge on any atom is -0.436 e. The molecule has 0 saturated carbocycles. The maximum Gasteiger partial charge on any atom is 0.228 e. The summed E-state index contributed by atoms with van der Waals surface area (Å²) < 4.78 is 5.80. The summed E-state index contributed by atoms with van der Waals surface area (Å²) in [5.74, 6) is 0.402. The summed E-state index contributed by atoms with van der Waals surface area (Å²) in [6.07, 6.45) is 1.68. The van der Waals surface area contributed by atoms with Gasteiger partial charge in [0.05, 0.1) is 26.3 Å². The third-order valence-corrected chi connectivity index (χ3v) is 5.25. The van der Waals surface area contributed by atoms with E-state index in [9.17, 15) is 0 Å². The van der Waals surface area contributed by atoms with Crippen molar-refractivity contribution in [3.05, 3.63) is 80.3 Å². The van der Waals surface area contributed by atoms with Gasteiger partial charge >= 0.3 is 0 Å². The first-order chi connectivity index (χ1) is 13.0. The molecule has 0 fully saturated rings. The number of aliphatic imine (C=N–C) groups is 1. The molecule has 0 aliphatic carbocycles. The van der Waals surface area contributed by atoms with E-state index < -0.39 is 0 Å². The Labute approximate surface area is 175 Å². The Morgan fingerprint density at radius 2 is 1.74 bits per heavy atom. The molecule has 0 spiro atoms. The molecule has 1 aromatic heterocycles. The average Bonchev–Trinajstić information content (AvgIpc) is 3.06. The molecule has 27 heavy (non-hydrogen) atoms. The molecule has 0 bridgehead atoms. The number of oxazole rings is 1. The molecule has 134 valence electrons. The van der Waals surface area contributed by atoms with Crippen molar-refractivity contribution in [2.45, 2.75) is 0 Å². The summed E-state index contributed by atoms with van der Waals surface area (Å²) >= 11 is 24.4. The zero-order chi connectivity index (χ0) is 19.0. The maximum absolute atomic E-state index is 6.25. The van der Waals surface area contributed by atoms with Crippen LogP contribution in [0.4, 0.5) is 5.69 Å². The number of benzene rings is 3. The molecule has 7 heteroatoms. The molecule has 3 aromatic carbocycles. The van der Waals surface area contributed by atoms with Gasteiger partial charge in [-0.2, -0.15) is 0 Å². The predicted molar refractivity (Wildman–Crippen MR) is 113 cm³/mol. The molecular weight excluding hydrogens is 426 g/mol. The third-order valence-electron chi connectivity index (χ3n) is 3.87. The number of nitrogens with zero attached hydrogens (tertiary/aromatic N) is 2. The molecule has 0 aliphatic heterocycles. The first-order valence-corrected chi connectivity index (χ1v) is 9.36. The zero-order valence-corrected chi connectivity index (χ0v) is 16.6. The second-order valence-corrected chi connectivity index (χ2v) is 7.33. The highest BCUT2D eigenvalue weighted by Crippen LogP contribution is 2.35. The van der Waals surface area contributed by atoms with Gasteiger partial charge in [-0.1, -0.05) is 58.5 Å². The predicted octanol–water partition coefficient (Wildman–Crippen LogP) is 7.86. The topological polar surface area (TPSA) is 38.4 Å². The minimum atomic E-state index is 0.402. The molecule has 0 radical (unpaired) electrons. The van der Waals surface area contributed by atoms with Crippen molar-refractivity contribution in [1.82, 2.24) is 4.98 Å². The first kappa shape index (κ1) is 18.3. The van der Waals surface area contributed by atoms with Gasteiger partial charge < -0.3 is 4.42 Å². The molecule has 1 heterocycles. The van der Waals surface area contributed by atoms with E-state index in [4.69, 9.17) is 50.8 Å². The molecule has 0 atom stereocenters. The van der Waals surface area contributed by atoms with Crippen LogP contribution in [-0.2, 0) is 0 Å². The molecule has 3 nitrogen and oxygen atoms in total. The second-order valence-electron chi connectivity index (χ2n) is 5.70. The van der Waals surface area contributed by atoms with Crippen LogP contribution in [0.5, 0.6) is 0 Å². The Morgan fingerprint density at radius 1 is 0.889 bits per heavy atom. The van der Waals surface area contributed by atoms with Gasteiger partial charge in [-0.15, -0.1) is 0 Å². The van der Waals surface area contributed by atoms with E-state index in [-0.39, 0.29) is 0 Å². The molecule has 4 rings (SSSR count). The van der Waals surface area contributed by atoms with Crippen LogP contribution in [0.25, 0.3) is 22.6 Å². The standard InChI is InChI=1S/C20H10Cl4N2O/c21-12-5-4-11(16(23)8-12)10-25-13-6-7-18-17(9-13)26-20(27-18)14-2-1-3-15(22)19(14)24/h1-10H. The molecule has 0 N–H and O–H groups in total. The molecule has 0 saturated heterocycles. The highest BCUT2D eigenvalue weighted by molar-refractivity contribution is 6.43. The summed E-state index contributed by atoms with van der Waals surface area (Å²) in [6.45, 7) is 0. The van der Waals surface area contributed by atoms with Crippen LogP contribution >= 0.6 is 46.4 Å². The highest BCUT2D eigenvalue weighted by atomic mass is 35.5. The van der Waals surface area contributed by atoms with Crippen LogP contribution in [0.1, 0.15) is 5.56 Å². The van der Waals surface area contributed by atoms with E-state index in [1.807, 2.05) is 18.2 Å². The number of hydrogen-bond donors (Lipinski definition) is 0. The fourth-order valence-corrected chi connectivity index (χ4v) is 3.37. The summed E-state index contributed by atoms with van der Waals surface area (Å²) in [4.78, 5) is 8.95. The second kappa shape index (κ2) is 7.53. The van der Waals surface area contributed by atoms with Crippen molar-refractivity contribution < 1.29 is 4.42 Å².